The summed E-state index contributed by atoms with van der Waals surface area (Å²) in [7, 11) is 1.35. The van der Waals surface area contributed by atoms with E-state index in [1.165, 1.54) is 14.0 Å². The molecule has 0 spiro atoms. The van der Waals surface area contributed by atoms with E-state index >= 15 is 0 Å². The van der Waals surface area contributed by atoms with Gasteiger partial charge in [-0.3, -0.25) is 102 Å². The summed E-state index contributed by atoms with van der Waals surface area (Å²) in [5, 5.41) is 52.0. The zero-order valence-electron chi connectivity index (χ0n) is 69.6. The second kappa shape index (κ2) is 64.4. The summed E-state index contributed by atoms with van der Waals surface area (Å²) in [6.07, 6.45) is -1.99. The molecule has 122 heavy (non-hydrogen) atoms. The molecule has 52 heteroatoms. The van der Waals surface area contributed by atoms with Gasteiger partial charge in [-0.25, -0.2) is 0 Å². The molecule has 0 rings (SSSR count). The first-order valence-electron chi connectivity index (χ1n) is 40.0. The van der Waals surface area contributed by atoms with Crippen molar-refractivity contribution < 1.29 is 86.9 Å². The molecule has 0 heterocycles. The molecule has 0 fully saturated rings. The molecule has 0 aromatic carbocycles. The number of carboxylic acids is 2. The fourth-order valence-corrected chi connectivity index (χ4v) is 11.5. The predicted molar refractivity (Wildman–Crippen MR) is 452 cm³/mol. The number of methoxy groups -OCH3 is 1. The Bertz CT molecular complexity index is 3490. The SMILES string of the molecule is COCCNC(=O)C(CCC(=O)O)NC(=O)[C@@H](CCC(=O)O)NC(=O)CNC(=O)[C@@H](CCCN=C(N)N)NC(=O)C(CCCN=C(N)N)NC(=O)[C@@H](CCCN=C(N)N)NC(=O)C(CCCN)NC(=O)[C@@H](CCCN=C(N)N)NC(=O)C(CCCN=C(N)N)NC(=O)[C@@H](CCCCN)NC(=O)C(CCCCN)NC(=O)[C@@H](CCCN=C(N)N)NC(C)=O. The third-order valence-corrected chi connectivity index (χ3v) is 17.6. The molecule has 0 radical (unpaired) electrons. The summed E-state index contributed by atoms with van der Waals surface area (Å²) >= 11 is 0. The first-order chi connectivity index (χ1) is 57.8. The lowest BCUT2D eigenvalue weighted by Gasteiger charge is -2.28. The molecule has 0 saturated carbocycles. The molecule has 0 saturated heterocycles. The maximum absolute atomic E-state index is 14.9. The zero-order chi connectivity index (χ0) is 92.1. The van der Waals surface area contributed by atoms with Crippen molar-refractivity contribution >= 4 is 124 Å². The first-order valence-corrected chi connectivity index (χ1v) is 40.0. The van der Waals surface area contributed by atoms with Crippen LogP contribution in [0, 0.1) is 0 Å². The van der Waals surface area contributed by atoms with Crippen LogP contribution in [-0.2, 0) is 76.7 Å². The molecule has 5 unspecified atom stereocenters. The number of guanidine groups is 6. The summed E-state index contributed by atoms with van der Waals surface area (Å²) in [5.41, 5.74) is 84.5. The highest BCUT2D eigenvalue weighted by molar-refractivity contribution is 6.00. The van der Waals surface area contributed by atoms with E-state index in [1.54, 1.807) is 0 Å². The van der Waals surface area contributed by atoms with Crippen LogP contribution >= 0.6 is 0 Å². The molecule has 13 amide bonds. The molecule has 0 bridgehead atoms. The number of rotatable bonds is 68. The number of hydrogen-bond donors (Lipinski definition) is 30. The number of aliphatic carboxylic acids is 2. The minimum Gasteiger partial charge on any atom is -0.481 e. The monoisotopic (exact) mass is 1740 g/mol. The van der Waals surface area contributed by atoms with Crippen molar-refractivity contribution in [1.29, 1.82) is 0 Å². The van der Waals surface area contributed by atoms with Gasteiger partial charge in [0.15, 0.2) is 35.8 Å². The highest BCUT2D eigenvalue weighted by atomic mass is 16.5. The fraction of sp³-hybridized carbons (Fsp3) is 0.700. The van der Waals surface area contributed by atoms with Gasteiger partial charge >= 0.3 is 11.9 Å². The molecule has 11 atom stereocenters. The third kappa shape index (κ3) is 53.1. The van der Waals surface area contributed by atoms with Crippen LogP contribution in [0.2, 0.25) is 0 Å². The maximum atomic E-state index is 14.9. The van der Waals surface area contributed by atoms with Gasteiger partial charge in [-0.1, -0.05) is 0 Å². The van der Waals surface area contributed by atoms with Crippen LogP contribution in [0.4, 0.5) is 0 Å². The summed E-state index contributed by atoms with van der Waals surface area (Å²) in [6, 6.07) is -16.5. The van der Waals surface area contributed by atoms with Crippen molar-refractivity contribution in [3.8, 4) is 0 Å². The number of amides is 13. The highest BCUT2D eigenvalue weighted by Gasteiger charge is 2.37. The number of nitrogens with two attached hydrogens (primary N) is 15. The number of hydrogen-bond acceptors (Lipinski definition) is 25. The summed E-state index contributed by atoms with van der Waals surface area (Å²) < 4.78 is 4.92. The standard InChI is InChI=1S/C70H134N34O18/c1-39(105)94-41(18-9-31-88-66(76)77)56(113)97-42(14-3-5-27-71)57(114)98-43(15-4-6-28-72)58(115)100-47(21-12-34-91-69(82)83)62(119)103-46(20-11-33-90-68(80)81)61(118)99-44(16-7-29-73)59(116)101-48(22-13-35-92-70(84)85)63(120)102-45(19-10-32-89-67(78)79)60(117)96-40(17-8-30-87-65(74)75)55(112)93-38-51(106)95-50(24-26-53(109)110)64(121)104-49(23-25-52(107)108)54(111)86-36-37-122-2/h40-50H,3-38,71-73H2,1-2H3,(H,86,111)(H,93,112)(H,94,105)(H,95,106)(H,96,117)(H,97,113)(H,98,114)(H,99,118)(H,100,115)(H,101,116)(H,102,120)(H,103,119)(H,104,121)(H,107,108)(H,109,110)(H4,74,75,87)(H4,76,77,88)(H4,78,79,89)(H4,80,81,90)(H4,82,83,91)(H4,84,85,92)/t40-,41-,42?,43-,44?,45?,46-,47?,48-,49?,50-/m1/s1. The fourth-order valence-electron chi connectivity index (χ4n) is 11.5. The second-order valence-electron chi connectivity index (χ2n) is 28.0. The minimum atomic E-state index is -1.67. The van der Waals surface area contributed by atoms with E-state index in [4.69, 9.17) is 90.7 Å². The smallest absolute Gasteiger partial charge is 0.303 e. The van der Waals surface area contributed by atoms with Crippen LogP contribution in [0.5, 0.6) is 0 Å². The lowest BCUT2D eigenvalue weighted by atomic mass is 10.0. The van der Waals surface area contributed by atoms with Gasteiger partial charge < -0.3 is 170 Å². The molecule has 0 aromatic rings. The number of carbonyl (C=O) groups excluding carboxylic acids is 13. The van der Waals surface area contributed by atoms with Gasteiger partial charge in [0, 0.05) is 72.7 Å². The van der Waals surface area contributed by atoms with Gasteiger partial charge in [-0.2, -0.15) is 0 Å². The topological polar surface area (TPSA) is 927 Å². The quantitative estimate of drug-likeness (QED) is 0.0153. The number of nitrogens with one attached hydrogen (secondary N) is 13. The predicted octanol–water partition coefficient (Wildman–Crippen LogP) is -12.7. The Kier molecular flexibility index (Phi) is 57.8. The van der Waals surface area contributed by atoms with E-state index in [9.17, 15) is 82.1 Å². The van der Waals surface area contributed by atoms with Crippen LogP contribution in [0.25, 0.3) is 0 Å². The Morgan fingerprint density at radius 2 is 0.492 bits per heavy atom. The summed E-state index contributed by atoms with van der Waals surface area (Å²) in [4.78, 5) is 231. The van der Waals surface area contributed by atoms with Gasteiger partial charge in [0.1, 0.15) is 66.5 Å². The van der Waals surface area contributed by atoms with E-state index < -0.39 is 187 Å². The Balaban J connectivity index is 7.78. The summed E-state index contributed by atoms with van der Waals surface area (Å²) in [6.45, 7) is 0.269. The molecule has 0 aliphatic heterocycles. The molecular formula is C70H134N34O18. The number of unbranched alkanes of at least 4 members (excludes halogenated alkanes) is 2. The van der Waals surface area contributed by atoms with Crippen LogP contribution in [0.15, 0.2) is 30.0 Å². The number of ether oxygens (including phenoxy) is 1. The van der Waals surface area contributed by atoms with Gasteiger partial charge in [-0.15, -0.1) is 0 Å². The number of carbonyl (C=O) groups is 15. The Morgan fingerprint density at radius 3 is 0.721 bits per heavy atom. The number of aliphatic imine (C=N–C) groups is 6. The average Bonchev–Trinajstić information content (AvgIpc) is 0.860. The largest absolute Gasteiger partial charge is 0.481 e. The summed E-state index contributed by atoms with van der Waals surface area (Å²) in [5.74, 6) is -16.6. The normalized spacial score (nSPS) is 13.5. The molecule has 52 nitrogen and oxygen atoms in total. The minimum absolute atomic E-state index is 0.00000131. The van der Waals surface area contributed by atoms with Crippen molar-refractivity contribution in [1.82, 2.24) is 69.1 Å². The van der Waals surface area contributed by atoms with Gasteiger partial charge in [-0.05, 0) is 161 Å². The van der Waals surface area contributed by atoms with Gasteiger partial charge in [0.05, 0.1) is 13.2 Å². The van der Waals surface area contributed by atoms with Crippen molar-refractivity contribution in [3.05, 3.63) is 0 Å². The zero-order valence-corrected chi connectivity index (χ0v) is 69.6. The highest BCUT2D eigenvalue weighted by Crippen LogP contribution is 2.14. The first kappa shape index (κ1) is 110. The second-order valence-corrected chi connectivity index (χ2v) is 28.0. The number of nitrogens with zero attached hydrogens (tertiary/aromatic N) is 6. The van der Waals surface area contributed by atoms with E-state index in [0.717, 1.165) is 0 Å². The molecule has 0 aliphatic rings. The molecule has 0 aliphatic carbocycles. The lowest BCUT2D eigenvalue weighted by Crippen LogP contribution is -2.60. The van der Waals surface area contributed by atoms with E-state index in [-0.39, 0.29) is 217 Å². The van der Waals surface area contributed by atoms with Crippen molar-refractivity contribution in [2.45, 2.75) is 227 Å². The molecule has 45 N–H and O–H groups in total. The maximum Gasteiger partial charge on any atom is 0.303 e. The van der Waals surface area contributed by atoms with Gasteiger partial charge in [0.25, 0.3) is 0 Å². The molecule has 692 valence electrons. The van der Waals surface area contributed by atoms with Crippen LogP contribution in [0.1, 0.15) is 161 Å². The molecular weight excluding hydrogens is 1600 g/mol. The van der Waals surface area contributed by atoms with E-state index in [1.807, 2.05) is 0 Å². The number of carboxylic acid groups (broad SMARTS) is 2. The van der Waals surface area contributed by atoms with Crippen LogP contribution in [0.3, 0.4) is 0 Å². The van der Waals surface area contributed by atoms with E-state index in [0.29, 0.717) is 19.3 Å². The van der Waals surface area contributed by atoms with Crippen molar-refractivity contribution in [2.24, 2.45) is 116 Å². The third-order valence-electron chi connectivity index (χ3n) is 17.6. The van der Waals surface area contributed by atoms with Crippen LogP contribution in [-0.4, -0.2) is 287 Å². The molecule has 0 aromatic heterocycles. The Morgan fingerprint density at radius 1 is 0.279 bits per heavy atom. The average molecular weight is 1740 g/mol. The Hall–Kier alpha value is -12.5. The van der Waals surface area contributed by atoms with Crippen molar-refractivity contribution in [2.75, 3.05) is 85.7 Å². The van der Waals surface area contributed by atoms with E-state index in [2.05, 4.69) is 99.1 Å². The van der Waals surface area contributed by atoms with Gasteiger partial charge in [0.2, 0.25) is 76.8 Å². The Labute approximate surface area is 707 Å². The van der Waals surface area contributed by atoms with Crippen LogP contribution < -0.4 is 155 Å². The van der Waals surface area contributed by atoms with Crippen molar-refractivity contribution in [3.63, 3.8) is 0 Å². The lowest BCUT2D eigenvalue weighted by molar-refractivity contribution is -0.139.